The van der Waals surface area contributed by atoms with Crippen LogP contribution < -0.4 is 5.32 Å². The number of nitrogens with one attached hydrogen (secondary N) is 1. The maximum Gasteiger partial charge on any atom is 0.156 e. The Labute approximate surface area is 127 Å². The second-order valence-electron chi connectivity index (χ2n) is 5.53. The summed E-state index contributed by atoms with van der Waals surface area (Å²) in [5.41, 5.74) is 3.77. The predicted octanol–water partition coefficient (Wildman–Crippen LogP) is 3.65. The lowest BCUT2D eigenvalue weighted by molar-refractivity contribution is 0.579. The molecule has 0 bridgehead atoms. The third kappa shape index (κ3) is 2.28. The SMILES string of the molecule is Fc1ccc2c(c1)C(Nc1ncnc3cccnc13)CCC2. The van der Waals surface area contributed by atoms with E-state index in [1.54, 1.807) is 12.3 Å². The number of pyridine rings is 1. The van der Waals surface area contributed by atoms with Gasteiger partial charge in [0.15, 0.2) is 5.82 Å². The number of hydrogen-bond donors (Lipinski definition) is 1. The number of anilines is 1. The van der Waals surface area contributed by atoms with Gasteiger partial charge in [-0.1, -0.05) is 6.07 Å². The van der Waals surface area contributed by atoms with Gasteiger partial charge in [0.2, 0.25) is 0 Å². The first-order chi connectivity index (χ1) is 10.8. The molecule has 1 unspecified atom stereocenters. The zero-order valence-electron chi connectivity index (χ0n) is 12.0. The number of aryl methyl sites for hydroxylation is 1. The van der Waals surface area contributed by atoms with Crippen LogP contribution in [-0.4, -0.2) is 15.0 Å². The molecule has 3 aromatic rings. The van der Waals surface area contributed by atoms with Crippen molar-refractivity contribution < 1.29 is 4.39 Å². The van der Waals surface area contributed by atoms with Gasteiger partial charge in [-0.05, 0) is 54.7 Å². The van der Waals surface area contributed by atoms with Crippen molar-refractivity contribution in [2.45, 2.75) is 25.3 Å². The maximum atomic E-state index is 13.6. The number of fused-ring (bicyclic) bond motifs is 2. The average molecular weight is 294 g/mol. The maximum absolute atomic E-state index is 13.6. The van der Waals surface area contributed by atoms with Crippen molar-refractivity contribution in [2.24, 2.45) is 0 Å². The molecule has 0 radical (unpaired) electrons. The summed E-state index contributed by atoms with van der Waals surface area (Å²) >= 11 is 0. The summed E-state index contributed by atoms with van der Waals surface area (Å²) in [5, 5.41) is 3.43. The van der Waals surface area contributed by atoms with Gasteiger partial charge >= 0.3 is 0 Å². The van der Waals surface area contributed by atoms with Gasteiger partial charge in [0.1, 0.15) is 17.7 Å². The number of rotatable bonds is 2. The Kier molecular flexibility index (Phi) is 3.18. The van der Waals surface area contributed by atoms with Gasteiger partial charge in [-0.25, -0.2) is 14.4 Å². The first-order valence-electron chi connectivity index (χ1n) is 7.42. The summed E-state index contributed by atoms with van der Waals surface area (Å²) in [6.07, 6.45) is 6.28. The minimum atomic E-state index is -0.196. The summed E-state index contributed by atoms with van der Waals surface area (Å²) in [7, 11) is 0. The third-order valence-electron chi connectivity index (χ3n) is 4.13. The molecule has 1 N–H and O–H groups in total. The summed E-state index contributed by atoms with van der Waals surface area (Å²) in [4.78, 5) is 12.9. The Bertz CT molecular complexity index is 829. The topological polar surface area (TPSA) is 50.7 Å². The first-order valence-corrected chi connectivity index (χ1v) is 7.42. The van der Waals surface area contributed by atoms with Crippen molar-refractivity contribution in [3.8, 4) is 0 Å². The van der Waals surface area contributed by atoms with Gasteiger partial charge in [0.25, 0.3) is 0 Å². The lowest BCUT2D eigenvalue weighted by atomic mass is 9.87. The lowest BCUT2D eigenvalue weighted by Gasteiger charge is -2.27. The molecule has 0 fully saturated rings. The normalized spacial score (nSPS) is 17.2. The van der Waals surface area contributed by atoms with Crippen molar-refractivity contribution in [1.82, 2.24) is 15.0 Å². The van der Waals surface area contributed by atoms with Gasteiger partial charge in [0.05, 0.1) is 11.6 Å². The smallest absolute Gasteiger partial charge is 0.156 e. The highest BCUT2D eigenvalue weighted by Gasteiger charge is 2.21. The molecule has 1 atom stereocenters. The fourth-order valence-corrected chi connectivity index (χ4v) is 3.08. The molecule has 5 heteroatoms. The zero-order valence-corrected chi connectivity index (χ0v) is 12.0. The number of hydrogen-bond acceptors (Lipinski definition) is 4. The van der Waals surface area contributed by atoms with Crippen molar-refractivity contribution in [3.05, 3.63) is 59.8 Å². The fourth-order valence-electron chi connectivity index (χ4n) is 3.08. The number of benzene rings is 1. The Balaban J connectivity index is 1.74. The summed E-state index contributed by atoms with van der Waals surface area (Å²) in [6.45, 7) is 0. The van der Waals surface area contributed by atoms with E-state index in [1.165, 1.54) is 18.0 Å². The van der Waals surface area contributed by atoms with E-state index < -0.39 is 0 Å². The molecule has 4 nitrogen and oxygen atoms in total. The molecule has 0 saturated heterocycles. The molecule has 0 amide bonds. The minimum absolute atomic E-state index is 0.0551. The third-order valence-corrected chi connectivity index (χ3v) is 4.13. The highest BCUT2D eigenvalue weighted by atomic mass is 19.1. The van der Waals surface area contributed by atoms with Crippen LogP contribution in [0.4, 0.5) is 10.2 Å². The van der Waals surface area contributed by atoms with E-state index in [9.17, 15) is 4.39 Å². The van der Waals surface area contributed by atoms with Crippen LogP contribution in [0.5, 0.6) is 0 Å². The van der Waals surface area contributed by atoms with Crippen LogP contribution in [-0.2, 0) is 6.42 Å². The summed E-state index contributed by atoms with van der Waals surface area (Å²) < 4.78 is 13.6. The van der Waals surface area contributed by atoms with Crippen LogP contribution >= 0.6 is 0 Å². The van der Waals surface area contributed by atoms with Crippen molar-refractivity contribution in [1.29, 1.82) is 0 Å². The van der Waals surface area contributed by atoms with Gasteiger partial charge in [-0.3, -0.25) is 4.98 Å². The van der Waals surface area contributed by atoms with Gasteiger partial charge in [-0.15, -0.1) is 0 Å². The van der Waals surface area contributed by atoms with E-state index in [2.05, 4.69) is 20.3 Å². The van der Waals surface area contributed by atoms with Crippen LogP contribution in [0.25, 0.3) is 11.0 Å². The van der Waals surface area contributed by atoms with Gasteiger partial charge in [0, 0.05) is 6.20 Å². The Morgan fingerprint density at radius 3 is 3.05 bits per heavy atom. The second-order valence-corrected chi connectivity index (χ2v) is 5.53. The Morgan fingerprint density at radius 2 is 2.09 bits per heavy atom. The van der Waals surface area contributed by atoms with Crippen LogP contribution in [0, 0.1) is 5.82 Å². The van der Waals surface area contributed by atoms with E-state index in [0.29, 0.717) is 5.82 Å². The molecule has 4 rings (SSSR count). The summed E-state index contributed by atoms with van der Waals surface area (Å²) in [5.74, 6) is 0.505. The second kappa shape index (κ2) is 5.33. The molecule has 2 aromatic heterocycles. The molecule has 110 valence electrons. The van der Waals surface area contributed by atoms with E-state index in [-0.39, 0.29) is 11.9 Å². The molecule has 1 aliphatic rings. The fraction of sp³-hybridized carbons (Fsp3) is 0.235. The molecule has 0 aliphatic heterocycles. The van der Waals surface area contributed by atoms with E-state index in [0.717, 1.165) is 35.9 Å². The highest BCUT2D eigenvalue weighted by molar-refractivity contribution is 5.84. The van der Waals surface area contributed by atoms with Crippen molar-refractivity contribution in [3.63, 3.8) is 0 Å². The number of nitrogens with zero attached hydrogens (tertiary/aromatic N) is 3. The monoisotopic (exact) mass is 294 g/mol. The van der Waals surface area contributed by atoms with E-state index in [1.807, 2.05) is 18.2 Å². The quantitative estimate of drug-likeness (QED) is 0.783. The average Bonchev–Trinajstić information content (AvgIpc) is 2.56. The van der Waals surface area contributed by atoms with Crippen molar-refractivity contribution >= 4 is 16.9 Å². The molecule has 22 heavy (non-hydrogen) atoms. The predicted molar refractivity (Wildman–Crippen MR) is 83.0 cm³/mol. The standard InChI is InChI=1S/C17H15FN4/c18-12-7-6-11-3-1-4-14(13(11)9-12)22-17-16-15(20-10-21-17)5-2-8-19-16/h2,5-10,14H,1,3-4H2,(H,20,21,22). The molecule has 0 saturated carbocycles. The number of halogens is 1. The minimum Gasteiger partial charge on any atom is -0.361 e. The molecule has 2 heterocycles. The number of aromatic nitrogens is 3. The van der Waals surface area contributed by atoms with Crippen LogP contribution in [0.15, 0.2) is 42.9 Å². The zero-order chi connectivity index (χ0) is 14.9. The Hall–Kier alpha value is -2.56. The lowest BCUT2D eigenvalue weighted by Crippen LogP contribution is -2.18. The van der Waals surface area contributed by atoms with Crippen molar-refractivity contribution in [2.75, 3.05) is 5.32 Å². The van der Waals surface area contributed by atoms with Crippen LogP contribution in [0.3, 0.4) is 0 Å². The van der Waals surface area contributed by atoms with E-state index >= 15 is 0 Å². The molecule has 0 spiro atoms. The molecular weight excluding hydrogens is 279 g/mol. The molecule has 1 aliphatic carbocycles. The van der Waals surface area contributed by atoms with Crippen LogP contribution in [0.2, 0.25) is 0 Å². The highest BCUT2D eigenvalue weighted by Crippen LogP contribution is 2.33. The van der Waals surface area contributed by atoms with Crippen LogP contribution in [0.1, 0.15) is 30.0 Å². The van der Waals surface area contributed by atoms with E-state index in [4.69, 9.17) is 0 Å². The largest absolute Gasteiger partial charge is 0.361 e. The Morgan fingerprint density at radius 1 is 1.14 bits per heavy atom. The van der Waals surface area contributed by atoms with Gasteiger partial charge in [-0.2, -0.15) is 0 Å². The molecule has 1 aromatic carbocycles. The summed E-state index contributed by atoms with van der Waals surface area (Å²) in [6, 6.07) is 8.86. The molecular formula is C17H15FN4. The van der Waals surface area contributed by atoms with Gasteiger partial charge < -0.3 is 5.32 Å². The first kappa shape index (κ1) is 13.1.